The number of hydrogen-bond donors (Lipinski definition) is 1. The molecule has 3 atom stereocenters. The fraction of sp³-hybridized carbons (Fsp3) is 1.00. The van der Waals surface area contributed by atoms with Gasteiger partial charge in [0.05, 0.1) is 0 Å². The molecule has 0 aromatic heterocycles. The maximum atomic E-state index is 3.57. The predicted octanol–water partition coefficient (Wildman–Crippen LogP) is 2.42. The Bertz CT molecular complexity index is 162. The van der Waals surface area contributed by atoms with E-state index in [9.17, 15) is 0 Å². The molecule has 0 aromatic rings. The van der Waals surface area contributed by atoms with Gasteiger partial charge in [-0.1, -0.05) is 26.7 Å². The zero-order valence-electron chi connectivity index (χ0n) is 8.40. The van der Waals surface area contributed by atoms with Gasteiger partial charge in [-0.15, -0.1) is 0 Å². The Labute approximate surface area is 75.9 Å². The molecule has 0 spiro atoms. The topological polar surface area (TPSA) is 12.0 Å². The Kier molecular flexibility index (Phi) is 2.16. The van der Waals surface area contributed by atoms with Crippen molar-refractivity contribution in [1.82, 2.24) is 5.32 Å². The van der Waals surface area contributed by atoms with Gasteiger partial charge in [-0.3, -0.25) is 0 Å². The molecule has 1 heteroatoms. The number of hydrogen-bond acceptors (Lipinski definition) is 1. The molecule has 1 N–H and O–H groups in total. The Morgan fingerprint density at radius 1 is 1.33 bits per heavy atom. The highest BCUT2D eigenvalue weighted by atomic mass is 14.9. The summed E-state index contributed by atoms with van der Waals surface area (Å²) < 4.78 is 0. The lowest BCUT2D eigenvalue weighted by molar-refractivity contribution is 0.0386. The van der Waals surface area contributed by atoms with Crippen molar-refractivity contribution in [3.8, 4) is 0 Å². The smallest absolute Gasteiger partial charge is 0.000804 e. The molecule has 1 aliphatic carbocycles. The Balaban J connectivity index is 2.12. The standard InChI is InChI=1S/C11H21N/c1-9-7-12-8-11(2)6-4-3-5-10(9)11/h9-10,12H,3-8H2,1-2H3. The number of rotatable bonds is 0. The molecule has 1 nitrogen and oxygen atoms in total. The summed E-state index contributed by atoms with van der Waals surface area (Å²) in [7, 11) is 0. The second-order valence-corrected chi connectivity index (χ2v) is 5.11. The van der Waals surface area contributed by atoms with E-state index in [-0.39, 0.29) is 0 Å². The monoisotopic (exact) mass is 167 g/mol. The molecule has 1 aliphatic heterocycles. The third-order valence-electron chi connectivity index (χ3n) is 4.09. The van der Waals surface area contributed by atoms with Crippen LogP contribution < -0.4 is 5.32 Å². The molecular weight excluding hydrogens is 146 g/mol. The molecule has 1 heterocycles. The summed E-state index contributed by atoms with van der Waals surface area (Å²) in [5.74, 6) is 1.91. The fourth-order valence-corrected chi connectivity index (χ4v) is 3.35. The molecule has 0 aromatic carbocycles. The van der Waals surface area contributed by atoms with E-state index in [0.717, 1.165) is 11.8 Å². The second kappa shape index (κ2) is 3.02. The van der Waals surface area contributed by atoms with Crippen LogP contribution in [0.2, 0.25) is 0 Å². The number of nitrogens with one attached hydrogen (secondary N) is 1. The average Bonchev–Trinajstić information content (AvgIpc) is 2.04. The van der Waals surface area contributed by atoms with Crippen LogP contribution in [0.25, 0.3) is 0 Å². The molecule has 0 radical (unpaired) electrons. The van der Waals surface area contributed by atoms with Gasteiger partial charge in [0.1, 0.15) is 0 Å². The molecular formula is C11H21N. The Morgan fingerprint density at radius 3 is 2.92 bits per heavy atom. The Morgan fingerprint density at radius 2 is 2.17 bits per heavy atom. The average molecular weight is 167 g/mol. The predicted molar refractivity (Wildman–Crippen MR) is 52.1 cm³/mol. The fourth-order valence-electron chi connectivity index (χ4n) is 3.35. The van der Waals surface area contributed by atoms with Crippen molar-refractivity contribution in [2.24, 2.45) is 17.3 Å². The van der Waals surface area contributed by atoms with Gasteiger partial charge >= 0.3 is 0 Å². The van der Waals surface area contributed by atoms with Crippen LogP contribution in [0.1, 0.15) is 39.5 Å². The quantitative estimate of drug-likeness (QED) is 0.584. The van der Waals surface area contributed by atoms with Crippen molar-refractivity contribution >= 4 is 0 Å². The summed E-state index contributed by atoms with van der Waals surface area (Å²) in [6.07, 6.45) is 5.88. The largest absolute Gasteiger partial charge is 0.316 e. The van der Waals surface area contributed by atoms with E-state index in [1.165, 1.54) is 38.8 Å². The van der Waals surface area contributed by atoms with E-state index in [1.807, 2.05) is 0 Å². The molecule has 1 saturated carbocycles. The summed E-state index contributed by atoms with van der Waals surface area (Å²) in [4.78, 5) is 0. The van der Waals surface area contributed by atoms with Crippen LogP contribution >= 0.6 is 0 Å². The van der Waals surface area contributed by atoms with Crippen molar-refractivity contribution in [3.63, 3.8) is 0 Å². The maximum absolute atomic E-state index is 3.57. The number of fused-ring (bicyclic) bond motifs is 1. The summed E-state index contributed by atoms with van der Waals surface area (Å²) in [5.41, 5.74) is 0.635. The molecule has 2 aliphatic rings. The van der Waals surface area contributed by atoms with Gasteiger partial charge in [0.2, 0.25) is 0 Å². The first-order chi connectivity index (χ1) is 5.72. The van der Waals surface area contributed by atoms with Crippen molar-refractivity contribution in [1.29, 1.82) is 0 Å². The van der Waals surface area contributed by atoms with Crippen LogP contribution in [0.3, 0.4) is 0 Å². The number of piperidine rings is 1. The SMILES string of the molecule is CC1CNCC2(C)CCCCC12. The third-order valence-corrected chi connectivity index (χ3v) is 4.09. The minimum Gasteiger partial charge on any atom is -0.316 e. The highest BCUT2D eigenvalue weighted by Crippen LogP contribution is 2.45. The van der Waals surface area contributed by atoms with Crippen molar-refractivity contribution in [3.05, 3.63) is 0 Å². The van der Waals surface area contributed by atoms with E-state index in [1.54, 1.807) is 0 Å². The zero-order chi connectivity index (χ0) is 8.60. The molecule has 70 valence electrons. The summed E-state index contributed by atoms with van der Waals surface area (Å²) >= 11 is 0. The lowest BCUT2D eigenvalue weighted by atomic mass is 9.61. The molecule has 1 saturated heterocycles. The van der Waals surface area contributed by atoms with Gasteiger partial charge in [-0.25, -0.2) is 0 Å². The van der Waals surface area contributed by atoms with Gasteiger partial charge in [-0.2, -0.15) is 0 Å². The van der Waals surface area contributed by atoms with Gasteiger partial charge in [-0.05, 0) is 36.6 Å². The first-order valence-electron chi connectivity index (χ1n) is 5.43. The van der Waals surface area contributed by atoms with E-state index < -0.39 is 0 Å². The maximum Gasteiger partial charge on any atom is 0.000804 e. The van der Waals surface area contributed by atoms with E-state index >= 15 is 0 Å². The molecule has 0 amide bonds. The van der Waals surface area contributed by atoms with E-state index in [2.05, 4.69) is 19.2 Å². The van der Waals surface area contributed by atoms with Crippen LogP contribution in [0.5, 0.6) is 0 Å². The molecule has 2 rings (SSSR count). The van der Waals surface area contributed by atoms with Crippen LogP contribution in [0.15, 0.2) is 0 Å². The highest BCUT2D eigenvalue weighted by Gasteiger charge is 2.41. The van der Waals surface area contributed by atoms with Crippen LogP contribution in [-0.2, 0) is 0 Å². The summed E-state index contributed by atoms with van der Waals surface area (Å²) in [5, 5.41) is 3.57. The zero-order valence-corrected chi connectivity index (χ0v) is 8.40. The van der Waals surface area contributed by atoms with Crippen LogP contribution in [-0.4, -0.2) is 13.1 Å². The van der Waals surface area contributed by atoms with Gasteiger partial charge in [0.25, 0.3) is 0 Å². The van der Waals surface area contributed by atoms with E-state index in [4.69, 9.17) is 0 Å². The van der Waals surface area contributed by atoms with Crippen molar-refractivity contribution in [2.45, 2.75) is 39.5 Å². The minimum atomic E-state index is 0.635. The first-order valence-corrected chi connectivity index (χ1v) is 5.43. The van der Waals surface area contributed by atoms with Crippen molar-refractivity contribution in [2.75, 3.05) is 13.1 Å². The van der Waals surface area contributed by atoms with Gasteiger partial charge in [0, 0.05) is 6.54 Å². The van der Waals surface area contributed by atoms with E-state index in [0.29, 0.717) is 5.41 Å². The Hall–Kier alpha value is -0.0400. The summed E-state index contributed by atoms with van der Waals surface area (Å²) in [6, 6.07) is 0. The normalized spacial score (nSPS) is 48.5. The third kappa shape index (κ3) is 1.28. The minimum absolute atomic E-state index is 0.635. The van der Waals surface area contributed by atoms with Crippen LogP contribution in [0.4, 0.5) is 0 Å². The molecule has 2 fully saturated rings. The second-order valence-electron chi connectivity index (χ2n) is 5.11. The molecule has 0 bridgehead atoms. The lowest BCUT2D eigenvalue weighted by Crippen LogP contribution is -2.50. The molecule has 3 unspecified atom stereocenters. The van der Waals surface area contributed by atoms with Crippen molar-refractivity contribution < 1.29 is 0 Å². The lowest BCUT2D eigenvalue weighted by Gasteiger charge is -2.48. The summed E-state index contributed by atoms with van der Waals surface area (Å²) in [6.45, 7) is 7.42. The van der Waals surface area contributed by atoms with Gasteiger partial charge < -0.3 is 5.32 Å². The molecule has 12 heavy (non-hydrogen) atoms. The first kappa shape index (κ1) is 8.55. The highest BCUT2D eigenvalue weighted by molar-refractivity contribution is 4.94. The van der Waals surface area contributed by atoms with Crippen LogP contribution in [0, 0.1) is 17.3 Å². The van der Waals surface area contributed by atoms with Gasteiger partial charge in [0.15, 0.2) is 0 Å².